The number of hydrogen-bond acceptors (Lipinski definition) is 3. The van der Waals surface area contributed by atoms with Gasteiger partial charge in [-0.3, -0.25) is 4.79 Å². The first-order valence-corrected chi connectivity index (χ1v) is 5.08. The predicted octanol–water partition coefficient (Wildman–Crippen LogP) is 1.91. The second-order valence-corrected chi connectivity index (χ2v) is 3.96. The van der Waals surface area contributed by atoms with E-state index in [1.807, 2.05) is 6.92 Å². The summed E-state index contributed by atoms with van der Waals surface area (Å²) in [6.45, 7) is 3.72. The molecule has 1 N–H and O–H groups in total. The lowest BCUT2D eigenvalue weighted by atomic mass is 9.82. The van der Waals surface area contributed by atoms with Gasteiger partial charge in [-0.25, -0.2) is 9.97 Å². The molecule has 1 heterocycles. The molecule has 0 aliphatic heterocycles. The fourth-order valence-electron chi connectivity index (χ4n) is 1.59. The number of aromatic nitrogens is 2. The second kappa shape index (κ2) is 4.87. The fourth-order valence-corrected chi connectivity index (χ4v) is 1.59. The lowest BCUT2D eigenvalue weighted by Gasteiger charge is -2.22. The lowest BCUT2D eigenvalue weighted by molar-refractivity contribution is -0.148. The van der Waals surface area contributed by atoms with Gasteiger partial charge < -0.3 is 5.11 Å². The Morgan fingerprint density at radius 1 is 1.47 bits per heavy atom. The van der Waals surface area contributed by atoms with E-state index in [4.69, 9.17) is 5.11 Å². The Hall–Kier alpha value is -1.45. The van der Waals surface area contributed by atoms with Crippen LogP contribution in [-0.2, 0) is 11.2 Å². The predicted molar refractivity (Wildman–Crippen MR) is 56.4 cm³/mol. The van der Waals surface area contributed by atoms with E-state index in [0.29, 0.717) is 18.7 Å². The molecule has 0 saturated heterocycles. The number of rotatable bonds is 5. The Morgan fingerprint density at radius 2 is 2.07 bits per heavy atom. The van der Waals surface area contributed by atoms with Gasteiger partial charge in [-0.05, 0) is 19.4 Å². The van der Waals surface area contributed by atoms with Crippen molar-refractivity contribution in [1.29, 1.82) is 0 Å². The molecule has 0 radical (unpaired) electrons. The highest BCUT2D eigenvalue weighted by Gasteiger charge is 2.33. The number of carbonyl (C=O) groups is 1. The van der Waals surface area contributed by atoms with Crippen molar-refractivity contribution in [3.8, 4) is 0 Å². The minimum atomic E-state index is -0.781. The van der Waals surface area contributed by atoms with Gasteiger partial charge >= 0.3 is 5.97 Å². The van der Waals surface area contributed by atoms with Gasteiger partial charge in [-0.15, -0.1) is 0 Å². The van der Waals surface area contributed by atoms with E-state index in [2.05, 4.69) is 9.97 Å². The van der Waals surface area contributed by atoms with Gasteiger partial charge in [-0.1, -0.05) is 13.3 Å². The van der Waals surface area contributed by atoms with Crippen LogP contribution in [0.1, 0.15) is 32.5 Å². The number of nitrogens with zero attached hydrogens (tertiary/aromatic N) is 2. The molecule has 4 nitrogen and oxygen atoms in total. The Balaban J connectivity index is 2.80. The number of hydrogen-bond donors (Lipinski definition) is 1. The van der Waals surface area contributed by atoms with Crippen molar-refractivity contribution in [1.82, 2.24) is 9.97 Å². The third-order valence-electron chi connectivity index (χ3n) is 2.49. The highest BCUT2D eigenvalue weighted by atomic mass is 16.4. The topological polar surface area (TPSA) is 63.1 Å². The molecule has 0 spiro atoms. The van der Waals surface area contributed by atoms with Crippen LogP contribution in [-0.4, -0.2) is 21.0 Å². The van der Waals surface area contributed by atoms with Gasteiger partial charge in [0.2, 0.25) is 0 Å². The zero-order chi connectivity index (χ0) is 11.3. The molecular weight excluding hydrogens is 192 g/mol. The molecule has 1 aromatic rings. The van der Waals surface area contributed by atoms with Gasteiger partial charge in [0, 0.05) is 18.8 Å². The Kier molecular flexibility index (Phi) is 3.77. The maximum absolute atomic E-state index is 11.2. The van der Waals surface area contributed by atoms with E-state index in [0.717, 1.165) is 6.42 Å². The summed E-state index contributed by atoms with van der Waals surface area (Å²) in [6.07, 6.45) is 5.14. The maximum atomic E-state index is 11.2. The minimum Gasteiger partial charge on any atom is -0.481 e. The molecule has 1 rings (SSSR count). The Labute approximate surface area is 89.4 Å². The van der Waals surface area contributed by atoms with Crippen molar-refractivity contribution in [2.75, 3.05) is 0 Å². The van der Waals surface area contributed by atoms with Crippen molar-refractivity contribution >= 4 is 5.97 Å². The molecule has 0 fully saturated rings. The highest BCUT2D eigenvalue weighted by molar-refractivity contribution is 5.74. The first-order chi connectivity index (χ1) is 7.08. The van der Waals surface area contributed by atoms with Gasteiger partial charge in [-0.2, -0.15) is 0 Å². The SMILES string of the molecule is CCCC(C)(Cc1ncccn1)C(=O)O. The Bertz CT molecular complexity index is 327. The molecule has 1 atom stereocenters. The standard InChI is InChI=1S/C11H16N2O2/c1-3-5-11(2,10(14)15)8-9-12-6-4-7-13-9/h4,6-7H,3,5,8H2,1-2H3,(H,14,15). The van der Waals surface area contributed by atoms with E-state index in [9.17, 15) is 4.79 Å². The molecule has 0 aliphatic carbocycles. The zero-order valence-electron chi connectivity index (χ0n) is 9.10. The van der Waals surface area contributed by atoms with Crippen LogP contribution in [0.2, 0.25) is 0 Å². The summed E-state index contributed by atoms with van der Waals surface area (Å²) < 4.78 is 0. The lowest BCUT2D eigenvalue weighted by Crippen LogP contribution is -2.30. The van der Waals surface area contributed by atoms with Gasteiger partial charge in [0.05, 0.1) is 5.41 Å². The average molecular weight is 208 g/mol. The fraction of sp³-hybridized carbons (Fsp3) is 0.545. The van der Waals surface area contributed by atoms with Crippen LogP contribution >= 0.6 is 0 Å². The number of aliphatic carboxylic acids is 1. The summed E-state index contributed by atoms with van der Waals surface area (Å²) in [5.41, 5.74) is -0.754. The summed E-state index contributed by atoms with van der Waals surface area (Å²) in [5, 5.41) is 9.17. The zero-order valence-corrected chi connectivity index (χ0v) is 9.10. The normalized spacial score (nSPS) is 14.5. The molecular formula is C11H16N2O2. The van der Waals surface area contributed by atoms with Crippen LogP contribution in [0.3, 0.4) is 0 Å². The largest absolute Gasteiger partial charge is 0.481 e. The molecule has 1 unspecified atom stereocenters. The third kappa shape index (κ3) is 3.01. The minimum absolute atomic E-state index is 0.386. The van der Waals surface area contributed by atoms with E-state index < -0.39 is 11.4 Å². The van der Waals surface area contributed by atoms with Crippen LogP contribution in [0, 0.1) is 5.41 Å². The average Bonchev–Trinajstić information content (AvgIpc) is 2.19. The van der Waals surface area contributed by atoms with Gasteiger partial charge in [0.15, 0.2) is 0 Å². The second-order valence-electron chi connectivity index (χ2n) is 3.96. The van der Waals surface area contributed by atoms with E-state index >= 15 is 0 Å². The van der Waals surface area contributed by atoms with Crippen LogP contribution in [0.25, 0.3) is 0 Å². The summed E-state index contributed by atoms with van der Waals surface area (Å²) in [6, 6.07) is 1.72. The van der Waals surface area contributed by atoms with Gasteiger partial charge in [0.1, 0.15) is 5.82 Å². The molecule has 15 heavy (non-hydrogen) atoms. The van der Waals surface area contributed by atoms with Crippen LogP contribution in [0.15, 0.2) is 18.5 Å². The number of carboxylic acid groups (broad SMARTS) is 1. The quantitative estimate of drug-likeness (QED) is 0.802. The monoisotopic (exact) mass is 208 g/mol. The van der Waals surface area contributed by atoms with Gasteiger partial charge in [0.25, 0.3) is 0 Å². The summed E-state index contributed by atoms with van der Waals surface area (Å²) >= 11 is 0. The summed E-state index contributed by atoms with van der Waals surface area (Å²) in [4.78, 5) is 19.3. The van der Waals surface area contributed by atoms with E-state index in [1.54, 1.807) is 25.4 Å². The smallest absolute Gasteiger partial charge is 0.309 e. The van der Waals surface area contributed by atoms with Crippen LogP contribution in [0.4, 0.5) is 0 Å². The summed E-state index contributed by atoms with van der Waals surface area (Å²) in [7, 11) is 0. The molecule has 4 heteroatoms. The molecule has 0 aromatic carbocycles. The molecule has 1 aromatic heterocycles. The van der Waals surface area contributed by atoms with Crippen molar-refractivity contribution in [3.05, 3.63) is 24.3 Å². The van der Waals surface area contributed by atoms with E-state index in [1.165, 1.54) is 0 Å². The maximum Gasteiger partial charge on any atom is 0.309 e. The molecule has 0 bridgehead atoms. The van der Waals surface area contributed by atoms with E-state index in [-0.39, 0.29) is 0 Å². The van der Waals surface area contributed by atoms with Crippen molar-refractivity contribution in [3.63, 3.8) is 0 Å². The third-order valence-corrected chi connectivity index (χ3v) is 2.49. The number of carboxylic acids is 1. The first kappa shape index (κ1) is 11.6. The Morgan fingerprint density at radius 3 is 2.53 bits per heavy atom. The van der Waals surface area contributed by atoms with Crippen LogP contribution in [0.5, 0.6) is 0 Å². The molecule has 0 amide bonds. The first-order valence-electron chi connectivity index (χ1n) is 5.08. The molecule has 0 saturated carbocycles. The molecule has 0 aliphatic rings. The van der Waals surface area contributed by atoms with Crippen molar-refractivity contribution in [2.45, 2.75) is 33.1 Å². The van der Waals surface area contributed by atoms with Crippen molar-refractivity contribution in [2.24, 2.45) is 5.41 Å². The molecule has 82 valence electrons. The van der Waals surface area contributed by atoms with Crippen molar-refractivity contribution < 1.29 is 9.90 Å². The summed E-state index contributed by atoms with van der Waals surface area (Å²) in [5.74, 6) is -0.187. The van der Waals surface area contributed by atoms with Crippen LogP contribution < -0.4 is 0 Å². The highest BCUT2D eigenvalue weighted by Crippen LogP contribution is 2.27.